The molecule has 1 aliphatic heterocycles. The van der Waals surface area contributed by atoms with Crippen molar-refractivity contribution < 1.29 is 4.79 Å². The summed E-state index contributed by atoms with van der Waals surface area (Å²) >= 11 is 0. The molecular weight excluding hydrogens is 236 g/mol. The van der Waals surface area contributed by atoms with Crippen molar-refractivity contribution in [3.05, 3.63) is 0 Å². The minimum Gasteiger partial charge on any atom is -0.326 e. The lowest BCUT2D eigenvalue weighted by atomic mass is 9.81. The first-order chi connectivity index (χ1) is 9.11. The molecule has 2 unspecified atom stereocenters. The lowest BCUT2D eigenvalue weighted by molar-refractivity contribution is -0.130. The second-order valence-corrected chi connectivity index (χ2v) is 6.63. The van der Waals surface area contributed by atoms with Gasteiger partial charge in [-0.2, -0.15) is 0 Å². The van der Waals surface area contributed by atoms with Crippen molar-refractivity contribution in [2.75, 3.05) is 6.54 Å². The van der Waals surface area contributed by atoms with Gasteiger partial charge in [0.2, 0.25) is 5.91 Å². The van der Waals surface area contributed by atoms with Gasteiger partial charge >= 0.3 is 0 Å². The highest BCUT2D eigenvalue weighted by Gasteiger charge is 2.35. The topological polar surface area (TPSA) is 32.3 Å². The van der Waals surface area contributed by atoms with Gasteiger partial charge in [-0.15, -0.1) is 0 Å². The highest BCUT2D eigenvalue weighted by Crippen LogP contribution is 2.30. The summed E-state index contributed by atoms with van der Waals surface area (Å²) in [5.41, 5.74) is 0. The van der Waals surface area contributed by atoms with Gasteiger partial charge < -0.3 is 4.90 Å². The molecule has 0 radical (unpaired) electrons. The normalized spacial score (nSPS) is 35.9. The number of amides is 1. The van der Waals surface area contributed by atoms with Crippen LogP contribution in [0.15, 0.2) is 0 Å². The lowest BCUT2D eigenvalue weighted by Crippen LogP contribution is -2.36. The van der Waals surface area contributed by atoms with E-state index in [0.29, 0.717) is 5.91 Å². The lowest BCUT2D eigenvalue weighted by Gasteiger charge is -2.29. The average molecular weight is 266 g/mol. The second-order valence-electron chi connectivity index (χ2n) is 6.63. The molecule has 1 amide bonds. The van der Waals surface area contributed by atoms with E-state index in [1.54, 1.807) is 0 Å². The number of carbonyl (C=O) groups is 1. The van der Waals surface area contributed by atoms with E-state index < -0.39 is 0 Å². The van der Waals surface area contributed by atoms with Gasteiger partial charge in [0.25, 0.3) is 0 Å². The monoisotopic (exact) mass is 266 g/mol. The maximum atomic E-state index is 12.3. The number of hydrogen-bond acceptors (Lipinski definition) is 2. The quantitative estimate of drug-likeness (QED) is 0.829. The molecule has 0 aromatic rings. The van der Waals surface area contributed by atoms with E-state index in [0.717, 1.165) is 31.2 Å². The van der Waals surface area contributed by atoms with Crippen LogP contribution in [-0.4, -0.2) is 29.6 Å². The molecule has 2 aliphatic rings. The van der Waals surface area contributed by atoms with E-state index in [2.05, 4.69) is 31.0 Å². The van der Waals surface area contributed by atoms with Crippen LogP contribution in [0.1, 0.15) is 65.7 Å². The van der Waals surface area contributed by atoms with E-state index in [9.17, 15) is 4.79 Å². The van der Waals surface area contributed by atoms with Crippen LogP contribution in [0, 0.1) is 11.8 Å². The maximum absolute atomic E-state index is 12.3. The van der Waals surface area contributed by atoms with Gasteiger partial charge in [-0.05, 0) is 31.6 Å². The van der Waals surface area contributed by atoms with Crippen LogP contribution >= 0.6 is 0 Å². The fourth-order valence-corrected chi connectivity index (χ4v) is 3.58. The summed E-state index contributed by atoms with van der Waals surface area (Å²) in [7, 11) is 0. The molecule has 19 heavy (non-hydrogen) atoms. The molecule has 2 rings (SSSR count). The van der Waals surface area contributed by atoms with Crippen molar-refractivity contribution in [2.24, 2.45) is 11.8 Å². The Balaban J connectivity index is 1.77. The summed E-state index contributed by atoms with van der Waals surface area (Å²) < 4.78 is 0. The summed E-state index contributed by atoms with van der Waals surface area (Å²) in [5.74, 6) is 2.10. The Kier molecular flexibility index (Phi) is 5.26. The minimum atomic E-state index is 0.0754. The number of nitrogens with one attached hydrogen (secondary N) is 1. The van der Waals surface area contributed by atoms with Gasteiger partial charge in [0, 0.05) is 6.54 Å². The molecule has 1 heterocycles. The first-order valence-electron chi connectivity index (χ1n) is 8.18. The zero-order chi connectivity index (χ0) is 13.8. The van der Waals surface area contributed by atoms with E-state index in [4.69, 9.17) is 0 Å². The van der Waals surface area contributed by atoms with Crippen molar-refractivity contribution >= 4 is 5.91 Å². The molecular formula is C16H30N2O. The Hall–Kier alpha value is -0.570. The molecule has 0 bridgehead atoms. The third-order valence-corrected chi connectivity index (χ3v) is 4.98. The Morgan fingerprint density at radius 3 is 2.47 bits per heavy atom. The third kappa shape index (κ3) is 3.71. The second kappa shape index (κ2) is 6.74. The number of rotatable bonds is 5. The largest absolute Gasteiger partial charge is 0.326 e. The van der Waals surface area contributed by atoms with Crippen molar-refractivity contribution in [3.63, 3.8) is 0 Å². The molecule has 2 fully saturated rings. The van der Waals surface area contributed by atoms with E-state index in [1.165, 1.54) is 32.1 Å². The smallest absolute Gasteiger partial charge is 0.241 e. The third-order valence-electron chi connectivity index (χ3n) is 4.98. The minimum absolute atomic E-state index is 0.0754. The fourth-order valence-electron chi connectivity index (χ4n) is 3.58. The number of carbonyl (C=O) groups excluding carboxylic acids is 1. The average Bonchev–Trinajstić information content (AvgIpc) is 2.65. The molecule has 1 aliphatic carbocycles. The highest BCUT2D eigenvalue weighted by molar-refractivity contribution is 5.84. The zero-order valence-electron chi connectivity index (χ0n) is 12.8. The van der Waals surface area contributed by atoms with Crippen LogP contribution in [0.3, 0.4) is 0 Å². The molecule has 0 aromatic carbocycles. The summed E-state index contributed by atoms with van der Waals surface area (Å²) in [5, 5.41) is 3.43. The van der Waals surface area contributed by atoms with Gasteiger partial charge in [0.05, 0.1) is 12.2 Å². The van der Waals surface area contributed by atoms with Crippen molar-refractivity contribution in [1.82, 2.24) is 10.2 Å². The van der Waals surface area contributed by atoms with E-state index in [-0.39, 0.29) is 12.2 Å². The van der Waals surface area contributed by atoms with Crippen LogP contribution in [0.25, 0.3) is 0 Å². The van der Waals surface area contributed by atoms with Crippen LogP contribution in [0.4, 0.5) is 0 Å². The van der Waals surface area contributed by atoms with Crippen LogP contribution in [0.2, 0.25) is 0 Å². The molecule has 3 nitrogen and oxygen atoms in total. The molecule has 1 saturated carbocycles. The maximum Gasteiger partial charge on any atom is 0.241 e. The Bertz CT molecular complexity index is 297. The first-order valence-corrected chi connectivity index (χ1v) is 8.18. The van der Waals surface area contributed by atoms with Crippen molar-refractivity contribution in [2.45, 2.75) is 77.9 Å². The Morgan fingerprint density at radius 2 is 1.84 bits per heavy atom. The molecule has 2 atom stereocenters. The summed E-state index contributed by atoms with van der Waals surface area (Å²) in [6.07, 6.45) is 8.96. The Labute approximate surface area is 118 Å². The van der Waals surface area contributed by atoms with Crippen LogP contribution in [-0.2, 0) is 4.79 Å². The van der Waals surface area contributed by atoms with Crippen LogP contribution in [0.5, 0.6) is 0 Å². The number of hydrogen-bond donors (Lipinski definition) is 1. The van der Waals surface area contributed by atoms with Gasteiger partial charge in [0.1, 0.15) is 0 Å². The molecule has 0 aromatic heterocycles. The van der Waals surface area contributed by atoms with Gasteiger partial charge in [-0.25, -0.2) is 0 Å². The first kappa shape index (κ1) is 14.8. The van der Waals surface area contributed by atoms with E-state index >= 15 is 0 Å². The predicted molar refractivity (Wildman–Crippen MR) is 78.7 cm³/mol. The van der Waals surface area contributed by atoms with Crippen LogP contribution < -0.4 is 5.32 Å². The standard InChI is InChI=1S/C16H30N2O/c1-4-5-15-16(19)18(13(3)17-15)11-10-14-8-6-12(2)7-9-14/h12-15,17H,4-11H2,1-3H3. The highest BCUT2D eigenvalue weighted by atomic mass is 16.2. The fraction of sp³-hybridized carbons (Fsp3) is 0.938. The molecule has 1 N–H and O–H groups in total. The zero-order valence-corrected chi connectivity index (χ0v) is 12.8. The van der Waals surface area contributed by atoms with Gasteiger partial charge in [-0.3, -0.25) is 10.1 Å². The Morgan fingerprint density at radius 1 is 1.16 bits per heavy atom. The van der Waals surface area contributed by atoms with E-state index in [1.807, 2.05) is 0 Å². The SMILES string of the molecule is CCCC1NC(C)N(CCC2CCC(C)CC2)C1=O. The summed E-state index contributed by atoms with van der Waals surface area (Å²) in [6.45, 7) is 7.58. The molecule has 110 valence electrons. The summed E-state index contributed by atoms with van der Waals surface area (Å²) in [6, 6.07) is 0.0754. The molecule has 3 heteroatoms. The molecule has 0 spiro atoms. The van der Waals surface area contributed by atoms with Gasteiger partial charge in [0.15, 0.2) is 0 Å². The number of nitrogens with zero attached hydrogens (tertiary/aromatic N) is 1. The van der Waals surface area contributed by atoms with Gasteiger partial charge in [-0.1, -0.05) is 46.0 Å². The van der Waals surface area contributed by atoms with Crippen molar-refractivity contribution in [3.8, 4) is 0 Å². The summed E-state index contributed by atoms with van der Waals surface area (Å²) in [4.78, 5) is 14.4. The predicted octanol–water partition coefficient (Wildman–Crippen LogP) is 3.15. The molecule has 1 saturated heterocycles. The van der Waals surface area contributed by atoms with Crippen molar-refractivity contribution in [1.29, 1.82) is 0 Å².